The van der Waals surface area contributed by atoms with Crippen LogP contribution in [0.15, 0.2) is 69.6 Å². The average Bonchev–Trinajstić information content (AvgIpc) is 3.17. The Kier molecular flexibility index (Phi) is 7.35. The number of carbonyl (C=O) groups excluding carboxylic acids is 1. The van der Waals surface area contributed by atoms with E-state index in [4.69, 9.17) is 19.3 Å². The Balaban J connectivity index is 1.85. The molecule has 0 fully saturated rings. The summed E-state index contributed by atoms with van der Waals surface area (Å²) >= 11 is 1.21. The Morgan fingerprint density at radius 2 is 1.89 bits per heavy atom. The van der Waals surface area contributed by atoms with Crippen molar-refractivity contribution < 1.29 is 28.9 Å². The highest BCUT2D eigenvalue weighted by molar-refractivity contribution is 7.07. The first-order chi connectivity index (χ1) is 17.3. The summed E-state index contributed by atoms with van der Waals surface area (Å²) in [6, 6.07) is 13.2. The number of thiazole rings is 1. The number of carboxylic acid groups (broad SMARTS) is 1. The van der Waals surface area contributed by atoms with Gasteiger partial charge in [-0.15, -0.1) is 0 Å². The highest BCUT2D eigenvalue weighted by Crippen LogP contribution is 2.35. The molecule has 10 heteroatoms. The first-order valence-electron chi connectivity index (χ1n) is 11.1. The molecule has 1 N–H and O–H groups in total. The molecule has 0 bridgehead atoms. The maximum Gasteiger partial charge on any atom is 0.341 e. The van der Waals surface area contributed by atoms with Crippen LogP contribution in [0.3, 0.4) is 0 Å². The second kappa shape index (κ2) is 10.6. The number of allylic oxidation sites excluding steroid dienone is 1. The van der Waals surface area contributed by atoms with Crippen LogP contribution >= 0.6 is 11.3 Å². The number of esters is 1. The molecule has 0 saturated heterocycles. The minimum atomic E-state index is -1.07. The van der Waals surface area contributed by atoms with Crippen LogP contribution in [0.25, 0.3) is 6.08 Å². The Morgan fingerprint density at radius 3 is 2.56 bits per heavy atom. The third-order valence-corrected chi connectivity index (χ3v) is 6.47. The Hall–Kier alpha value is -4.18. The van der Waals surface area contributed by atoms with Gasteiger partial charge in [0, 0.05) is 5.56 Å². The number of carboxylic acids is 1. The van der Waals surface area contributed by atoms with Crippen molar-refractivity contribution in [2.75, 3.05) is 20.3 Å². The van der Waals surface area contributed by atoms with Gasteiger partial charge >= 0.3 is 11.9 Å². The molecule has 0 amide bonds. The van der Waals surface area contributed by atoms with Gasteiger partial charge in [-0.1, -0.05) is 41.7 Å². The molecule has 0 unspecified atom stereocenters. The number of para-hydroxylation sites is 1. The lowest BCUT2D eigenvalue weighted by Crippen LogP contribution is -2.40. The lowest BCUT2D eigenvalue weighted by Gasteiger charge is -2.25. The van der Waals surface area contributed by atoms with Gasteiger partial charge in [-0.3, -0.25) is 9.36 Å². The van der Waals surface area contributed by atoms with Crippen molar-refractivity contribution in [1.82, 2.24) is 4.57 Å². The van der Waals surface area contributed by atoms with Crippen molar-refractivity contribution in [2.45, 2.75) is 19.9 Å². The largest absolute Gasteiger partial charge is 0.496 e. The standard InChI is InChI=1S/C26H24N2O7S/c1-4-34-25(32)22-15(2)27-26-28(23(22)18-7-5-6-8-19(18)33-3)24(31)20(36-26)13-16-9-11-17(12-10-16)35-14-21(29)30/h5-13,23H,4,14H2,1-3H3,(H,29,30)/b20-13-/t23-/m0/s1. The van der Waals surface area contributed by atoms with Gasteiger partial charge in [-0.05, 0) is 43.7 Å². The molecule has 9 nitrogen and oxygen atoms in total. The zero-order valence-corrected chi connectivity index (χ0v) is 20.7. The minimum Gasteiger partial charge on any atom is -0.496 e. The van der Waals surface area contributed by atoms with E-state index >= 15 is 0 Å². The van der Waals surface area contributed by atoms with E-state index < -0.39 is 24.6 Å². The number of fused-ring (bicyclic) bond motifs is 1. The second-order valence-electron chi connectivity index (χ2n) is 7.80. The molecule has 36 heavy (non-hydrogen) atoms. The van der Waals surface area contributed by atoms with Crippen LogP contribution in [0.1, 0.15) is 31.0 Å². The molecule has 0 saturated carbocycles. The first kappa shape index (κ1) is 24.9. The molecule has 0 spiro atoms. The molecule has 2 heterocycles. The monoisotopic (exact) mass is 508 g/mol. The predicted molar refractivity (Wildman–Crippen MR) is 133 cm³/mol. The van der Waals surface area contributed by atoms with Gasteiger partial charge in [-0.25, -0.2) is 14.6 Å². The molecular formula is C26H24N2O7S. The SMILES string of the molecule is CCOC(=O)C1=C(C)N=c2s/c(=C\c3ccc(OCC(=O)O)cc3)c(=O)n2[C@H]1c1ccccc1OC. The number of nitrogens with zero attached hydrogens (tertiary/aromatic N) is 2. The summed E-state index contributed by atoms with van der Waals surface area (Å²) in [4.78, 5) is 42.4. The molecule has 3 aromatic rings. The molecule has 186 valence electrons. The molecule has 1 aliphatic rings. The molecular weight excluding hydrogens is 484 g/mol. The lowest BCUT2D eigenvalue weighted by atomic mass is 9.95. The third kappa shape index (κ3) is 4.94. The highest BCUT2D eigenvalue weighted by Gasteiger charge is 2.34. The van der Waals surface area contributed by atoms with E-state index in [-0.39, 0.29) is 17.7 Å². The number of aromatic nitrogens is 1. The summed E-state index contributed by atoms with van der Waals surface area (Å²) in [6.07, 6.45) is 1.72. The van der Waals surface area contributed by atoms with E-state index in [1.807, 2.05) is 18.2 Å². The van der Waals surface area contributed by atoms with E-state index in [1.54, 1.807) is 50.3 Å². The molecule has 1 aliphatic heterocycles. The van der Waals surface area contributed by atoms with Gasteiger partial charge in [0.1, 0.15) is 17.5 Å². The summed E-state index contributed by atoms with van der Waals surface area (Å²) in [5.41, 5.74) is 1.80. The van der Waals surface area contributed by atoms with Crippen molar-refractivity contribution in [3.8, 4) is 11.5 Å². The summed E-state index contributed by atoms with van der Waals surface area (Å²) in [6.45, 7) is 3.19. The van der Waals surface area contributed by atoms with Crippen LogP contribution in [0.5, 0.6) is 11.5 Å². The van der Waals surface area contributed by atoms with Crippen molar-refractivity contribution in [3.05, 3.63) is 90.6 Å². The van der Waals surface area contributed by atoms with Crippen molar-refractivity contribution in [2.24, 2.45) is 4.99 Å². The second-order valence-corrected chi connectivity index (χ2v) is 8.80. The molecule has 1 atom stereocenters. The van der Waals surface area contributed by atoms with Crippen LogP contribution in [0.2, 0.25) is 0 Å². The van der Waals surface area contributed by atoms with Gasteiger partial charge in [-0.2, -0.15) is 0 Å². The van der Waals surface area contributed by atoms with Crippen molar-refractivity contribution in [1.29, 1.82) is 0 Å². The van der Waals surface area contributed by atoms with Crippen LogP contribution in [-0.2, 0) is 14.3 Å². The Labute approximate surface area is 210 Å². The van der Waals surface area contributed by atoms with Crippen molar-refractivity contribution >= 4 is 29.4 Å². The number of methoxy groups -OCH3 is 1. The Bertz CT molecular complexity index is 1520. The van der Waals surface area contributed by atoms with E-state index in [1.165, 1.54) is 23.0 Å². The molecule has 0 aliphatic carbocycles. The fourth-order valence-electron chi connectivity index (χ4n) is 3.93. The summed E-state index contributed by atoms with van der Waals surface area (Å²) < 4.78 is 17.9. The van der Waals surface area contributed by atoms with E-state index in [0.29, 0.717) is 32.1 Å². The number of rotatable bonds is 8. The number of carbonyl (C=O) groups is 2. The maximum absolute atomic E-state index is 13.7. The fourth-order valence-corrected chi connectivity index (χ4v) is 4.98. The van der Waals surface area contributed by atoms with Gasteiger partial charge in [0.15, 0.2) is 11.4 Å². The quantitative estimate of drug-likeness (QED) is 0.464. The number of hydrogen-bond donors (Lipinski definition) is 1. The van der Waals surface area contributed by atoms with Crippen molar-refractivity contribution in [3.63, 3.8) is 0 Å². The Morgan fingerprint density at radius 1 is 1.17 bits per heavy atom. The molecule has 2 aromatic carbocycles. The van der Waals surface area contributed by atoms with Gasteiger partial charge in [0.05, 0.1) is 29.5 Å². The summed E-state index contributed by atoms with van der Waals surface area (Å²) in [5, 5.41) is 8.76. The molecule has 0 radical (unpaired) electrons. The third-order valence-electron chi connectivity index (χ3n) is 5.49. The van der Waals surface area contributed by atoms with E-state index in [2.05, 4.69) is 4.99 Å². The smallest absolute Gasteiger partial charge is 0.341 e. The zero-order chi connectivity index (χ0) is 25.8. The first-order valence-corrected chi connectivity index (χ1v) is 11.9. The zero-order valence-electron chi connectivity index (χ0n) is 19.9. The van der Waals surface area contributed by atoms with E-state index in [0.717, 1.165) is 5.56 Å². The molecule has 4 rings (SSSR count). The van der Waals surface area contributed by atoms with Gasteiger partial charge < -0.3 is 19.3 Å². The maximum atomic E-state index is 13.7. The van der Waals surface area contributed by atoms with Crippen LogP contribution in [0, 0.1) is 0 Å². The van der Waals surface area contributed by atoms with Crippen LogP contribution in [0.4, 0.5) is 0 Å². The highest BCUT2D eigenvalue weighted by atomic mass is 32.1. The minimum absolute atomic E-state index is 0.185. The van der Waals surface area contributed by atoms with Gasteiger partial charge in [0.25, 0.3) is 5.56 Å². The topological polar surface area (TPSA) is 116 Å². The number of hydrogen-bond acceptors (Lipinski definition) is 8. The predicted octanol–water partition coefficient (Wildman–Crippen LogP) is 2.27. The molecule has 1 aromatic heterocycles. The number of benzene rings is 2. The number of ether oxygens (including phenoxy) is 3. The van der Waals surface area contributed by atoms with Crippen LogP contribution in [-0.4, -0.2) is 41.9 Å². The van der Waals surface area contributed by atoms with E-state index in [9.17, 15) is 14.4 Å². The lowest BCUT2D eigenvalue weighted by molar-refractivity contribution is -0.140. The summed E-state index contributed by atoms with van der Waals surface area (Å²) in [5.74, 6) is -0.671. The van der Waals surface area contributed by atoms with Crippen LogP contribution < -0.4 is 24.4 Å². The fraction of sp³-hybridized carbons (Fsp3) is 0.231. The number of aliphatic carboxylic acids is 1. The van der Waals surface area contributed by atoms with Gasteiger partial charge in [0.2, 0.25) is 0 Å². The normalized spacial score (nSPS) is 15.2. The summed E-state index contributed by atoms with van der Waals surface area (Å²) in [7, 11) is 1.53. The average molecular weight is 509 g/mol.